The smallest absolute Gasteiger partial charge is 0.00991 e. The Balaban J connectivity index is 2.01. The van der Waals surface area contributed by atoms with E-state index in [1.165, 1.54) is 44.2 Å². The third-order valence-corrected chi connectivity index (χ3v) is 4.54. The molecule has 4 aromatic rings. The highest BCUT2D eigenvalue weighted by atomic mass is 14.1. The molecule has 0 nitrogen and oxygen atoms in total. The van der Waals surface area contributed by atoms with E-state index in [1.807, 2.05) is 0 Å². The summed E-state index contributed by atoms with van der Waals surface area (Å²) in [7, 11) is 0. The maximum absolute atomic E-state index is 2.33. The van der Waals surface area contributed by atoms with Crippen LogP contribution in [-0.4, -0.2) is 0 Å². The molecule has 0 aliphatic heterocycles. The second-order valence-corrected chi connectivity index (χ2v) is 6.48. The summed E-state index contributed by atoms with van der Waals surface area (Å²) in [5, 5.41) is 2.59. The van der Waals surface area contributed by atoms with Gasteiger partial charge < -0.3 is 0 Å². The van der Waals surface area contributed by atoms with Crippen molar-refractivity contribution in [3.8, 4) is 22.3 Å². The van der Waals surface area contributed by atoms with Gasteiger partial charge in [-0.25, -0.2) is 0 Å². The van der Waals surface area contributed by atoms with E-state index >= 15 is 0 Å². The second-order valence-electron chi connectivity index (χ2n) is 6.48. The fourth-order valence-corrected chi connectivity index (χ4v) is 3.35. The fraction of sp³-hybridized carbons (Fsp3) is 0.0833. The maximum Gasteiger partial charge on any atom is -0.00991 e. The number of hydrogen-bond donors (Lipinski definition) is 0. The monoisotopic (exact) mass is 308 g/mol. The zero-order chi connectivity index (χ0) is 16.5. The molecular formula is C24H20. The molecule has 0 aliphatic carbocycles. The van der Waals surface area contributed by atoms with Gasteiger partial charge in [0.25, 0.3) is 0 Å². The Hall–Kier alpha value is -2.86. The van der Waals surface area contributed by atoms with Crippen LogP contribution in [0.25, 0.3) is 33.0 Å². The maximum atomic E-state index is 2.33. The molecule has 0 heterocycles. The van der Waals surface area contributed by atoms with Gasteiger partial charge in [-0.2, -0.15) is 0 Å². The Morgan fingerprint density at radius 3 is 1.92 bits per heavy atom. The molecule has 0 atom stereocenters. The number of aryl methyl sites for hydroxylation is 2. The first kappa shape index (κ1) is 14.7. The molecular weight excluding hydrogens is 288 g/mol. The minimum absolute atomic E-state index is 1.27. The van der Waals surface area contributed by atoms with Crippen LogP contribution >= 0.6 is 0 Å². The standard InChI is InChI=1S/C24H20/c1-17-7-5-10-19(13-17)22-15-21-9-3-4-12-23(21)24(16-22)20-11-6-8-18(2)14-20/h3-16H,1-2H3. The first-order valence-corrected chi connectivity index (χ1v) is 8.37. The molecule has 0 unspecified atom stereocenters. The highest BCUT2D eigenvalue weighted by Gasteiger charge is 2.08. The predicted octanol–water partition coefficient (Wildman–Crippen LogP) is 6.79. The number of benzene rings is 4. The fourth-order valence-electron chi connectivity index (χ4n) is 3.35. The zero-order valence-electron chi connectivity index (χ0n) is 14.1. The molecule has 0 bridgehead atoms. The van der Waals surface area contributed by atoms with Crippen LogP contribution in [-0.2, 0) is 0 Å². The topological polar surface area (TPSA) is 0 Å². The van der Waals surface area contributed by atoms with Gasteiger partial charge in [0.05, 0.1) is 0 Å². The highest BCUT2D eigenvalue weighted by molar-refractivity contribution is 6.00. The molecule has 24 heavy (non-hydrogen) atoms. The summed E-state index contributed by atoms with van der Waals surface area (Å²) < 4.78 is 0. The Morgan fingerprint density at radius 2 is 1.17 bits per heavy atom. The Bertz CT molecular complexity index is 1020. The molecule has 0 aromatic heterocycles. The summed E-state index contributed by atoms with van der Waals surface area (Å²) in [6, 6.07) is 30.7. The minimum Gasteiger partial charge on any atom is -0.0616 e. The van der Waals surface area contributed by atoms with Gasteiger partial charge in [0.15, 0.2) is 0 Å². The van der Waals surface area contributed by atoms with Crippen molar-refractivity contribution in [2.75, 3.05) is 0 Å². The predicted molar refractivity (Wildman–Crippen MR) is 104 cm³/mol. The van der Waals surface area contributed by atoms with E-state index in [0.29, 0.717) is 0 Å². The van der Waals surface area contributed by atoms with Crippen molar-refractivity contribution >= 4 is 10.8 Å². The van der Waals surface area contributed by atoms with Crippen LogP contribution in [0.4, 0.5) is 0 Å². The van der Waals surface area contributed by atoms with E-state index in [-0.39, 0.29) is 0 Å². The molecule has 4 aromatic carbocycles. The lowest BCUT2D eigenvalue weighted by atomic mass is 9.92. The number of rotatable bonds is 2. The van der Waals surface area contributed by atoms with Gasteiger partial charge in [0.2, 0.25) is 0 Å². The highest BCUT2D eigenvalue weighted by Crippen LogP contribution is 2.34. The van der Waals surface area contributed by atoms with E-state index in [0.717, 1.165) is 0 Å². The molecule has 0 radical (unpaired) electrons. The Labute approximate surface area is 143 Å². The third-order valence-electron chi connectivity index (χ3n) is 4.54. The van der Waals surface area contributed by atoms with Crippen LogP contribution in [0.1, 0.15) is 11.1 Å². The van der Waals surface area contributed by atoms with Crippen LogP contribution in [0.3, 0.4) is 0 Å². The van der Waals surface area contributed by atoms with Crippen molar-refractivity contribution in [1.82, 2.24) is 0 Å². The average molecular weight is 308 g/mol. The van der Waals surface area contributed by atoms with Crippen molar-refractivity contribution in [2.45, 2.75) is 13.8 Å². The quantitative estimate of drug-likeness (QED) is 0.382. The normalized spacial score (nSPS) is 10.9. The van der Waals surface area contributed by atoms with Crippen LogP contribution in [0.15, 0.2) is 84.9 Å². The molecule has 0 amide bonds. The van der Waals surface area contributed by atoms with Gasteiger partial charge in [-0.3, -0.25) is 0 Å². The summed E-state index contributed by atoms with van der Waals surface area (Å²) >= 11 is 0. The van der Waals surface area contributed by atoms with Gasteiger partial charge in [0.1, 0.15) is 0 Å². The first-order chi connectivity index (χ1) is 11.7. The van der Waals surface area contributed by atoms with Crippen LogP contribution in [0.5, 0.6) is 0 Å². The van der Waals surface area contributed by atoms with Crippen LogP contribution in [0.2, 0.25) is 0 Å². The molecule has 0 aliphatic rings. The van der Waals surface area contributed by atoms with Gasteiger partial charge >= 0.3 is 0 Å². The zero-order valence-corrected chi connectivity index (χ0v) is 14.1. The summed E-state index contributed by atoms with van der Waals surface area (Å²) in [6.07, 6.45) is 0. The van der Waals surface area contributed by atoms with E-state index in [9.17, 15) is 0 Å². The molecule has 0 spiro atoms. The van der Waals surface area contributed by atoms with E-state index < -0.39 is 0 Å². The first-order valence-electron chi connectivity index (χ1n) is 8.37. The van der Waals surface area contributed by atoms with Gasteiger partial charge in [-0.1, -0.05) is 83.9 Å². The van der Waals surface area contributed by atoms with E-state index in [4.69, 9.17) is 0 Å². The lowest BCUT2D eigenvalue weighted by Gasteiger charge is -2.12. The Morgan fingerprint density at radius 1 is 0.500 bits per heavy atom. The molecule has 0 heteroatoms. The molecule has 0 fully saturated rings. The Kier molecular flexibility index (Phi) is 3.66. The lowest BCUT2D eigenvalue weighted by Crippen LogP contribution is -1.86. The molecule has 116 valence electrons. The second kappa shape index (κ2) is 5.98. The summed E-state index contributed by atoms with van der Waals surface area (Å²) in [5.41, 5.74) is 7.70. The van der Waals surface area contributed by atoms with Crippen molar-refractivity contribution in [3.05, 3.63) is 96.1 Å². The molecule has 4 rings (SSSR count). The summed E-state index contributed by atoms with van der Waals surface area (Å²) in [4.78, 5) is 0. The van der Waals surface area contributed by atoms with Crippen molar-refractivity contribution in [3.63, 3.8) is 0 Å². The van der Waals surface area contributed by atoms with E-state index in [1.54, 1.807) is 0 Å². The molecule has 0 saturated carbocycles. The largest absolute Gasteiger partial charge is 0.0616 e. The van der Waals surface area contributed by atoms with Crippen LogP contribution in [0, 0.1) is 13.8 Å². The van der Waals surface area contributed by atoms with Gasteiger partial charge in [-0.05, 0) is 59.0 Å². The van der Waals surface area contributed by atoms with Crippen molar-refractivity contribution < 1.29 is 0 Å². The summed E-state index contributed by atoms with van der Waals surface area (Å²) in [6.45, 7) is 4.29. The summed E-state index contributed by atoms with van der Waals surface area (Å²) in [5.74, 6) is 0. The third kappa shape index (κ3) is 2.72. The minimum atomic E-state index is 1.27. The SMILES string of the molecule is Cc1cccc(-c2cc(-c3cccc(C)c3)c3ccccc3c2)c1. The lowest BCUT2D eigenvalue weighted by molar-refractivity contribution is 1.46. The van der Waals surface area contributed by atoms with Gasteiger partial charge in [-0.15, -0.1) is 0 Å². The van der Waals surface area contributed by atoms with Crippen molar-refractivity contribution in [2.24, 2.45) is 0 Å². The number of hydrogen-bond acceptors (Lipinski definition) is 0. The van der Waals surface area contributed by atoms with E-state index in [2.05, 4.69) is 98.8 Å². The number of fused-ring (bicyclic) bond motifs is 1. The van der Waals surface area contributed by atoms with Crippen LogP contribution < -0.4 is 0 Å². The van der Waals surface area contributed by atoms with Crippen molar-refractivity contribution in [1.29, 1.82) is 0 Å². The molecule has 0 N–H and O–H groups in total. The average Bonchev–Trinajstić information content (AvgIpc) is 2.61. The molecule has 0 saturated heterocycles. The van der Waals surface area contributed by atoms with Gasteiger partial charge in [0, 0.05) is 0 Å².